The number of fused-ring (bicyclic) bond motifs is 1. The monoisotopic (exact) mass is 523 g/mol. The maximum atomic E-state index is 15.5. The van der Waals surface area contributed by atoms with E-state index in [1.54, 1.807) is 23.2 Å². The summed E-state index contributed by atoms with van der Waals surface area (Å²) < 4.78 is 15.5. The number of nitrogens with zero attached hydrogens (tertiary/aromatic N) is 4. The number of pyridine rings is 1. The average Bonchev–Trinajstić information content (AvgIpc) is 3.61. The van der Waals surface area contributed by atoms with Gasteiger partial charge in [0.25, 0.3) is 5.91 Å². The van der Waals surface area contributed by atoms with Crippen LogP contribution in [0.3, 0.4) is 0 Å². The molecule has 1 saturated carbocycles. The Morgan fingerprint density at radius 1 is 1.14 bits per heavy atom. The number of nitrogens with one attached hydrogen (secondary N) is 1. The van der Waals surface area contributed by atoms with Crippen LogP contribution in [0.1, 0.15) is 52.5 Å². The number of halogens is 2. The van der Waals surface area contributed by atoms with Gasteiger partial charge in [-0.2, -0.15) is 0 Å². The molecule has 6 rings (SSSR count). The van der Waals surface area contributed by atoms with Crippen molar-refractivity contribution < 1.29 is 9.18 Å². The molecule has 186 valence electrons. The van der Waals surface area contributed by atoms with Gasteiger partial charge in [-0.1, -0.05) is 35.6 Å². The fourth-order valence-electron chi connectivity index (χ4n) is 4.86. The summed E-state index contributed by atoms with van der Waals surface area (Å²) in [5.74, 6) is 0.158. The zero-order valence-electron chi connectivity index (χ0n) is 19.9. The van der Waals surface area contributed by atoms with Crippen LogP contribution in [-0.4, -0.2) is 40.2 Å². The summed E-state index contributed by atoms with van der Waals surface area (Å²) in [6.07, 6.45) is 5.78. The number of aromatic nitrogens is 3. The lowest BCUT2D eigenvalue weighted by atomic mass is 10.0. The Hall–Kier alpha value is -2.94. The van der Waals surface area contributed by atoms with Crippen LogP contribution in [0.5, 0.6) is 0 Å². The lowest BCUT2D eigenvalue weighted by molar-refractivity contribution is 0.0968. The predicted molar refractivity (Wildman–Crippen MR) is 144 cm³/mol. The summed E-state index contributed by atoms with van der Waals surface area (Å²) in [5, 5.41) is 15.5. The highest BCUT2D eigenvalue weighted by Crippen LogP contribution is 2.42. The molecule has 0 spiro atoms. The fourth-order valence-corrected chi connectivity index (χ4v) is 5.87. The highest BCUT2D eigenvalue weighted by molar-refractivity contribution is 7.14. The second kappa shape index (κ2) is 10.2. The van der Waals surface area contributed by atoms with E-state index < -0.39 is 5.82 Å². The summed E-state index contributed by atoms with van der Waals surface area (Å²) in [4.78, 5) is 20.3. The normalized spacial score (nSPS) is 17.6. The van der Waals surface area contributed by atoms with E-state index in [4.69, 9.17) is 0 Å². The van der Waals surface area contributed by atoms with Crippen molar-refractivity contribution in [2.24, 2.45) is 0 Å². The Bertz CT molecular complexity index is 1410. The van der Waals surface area contributed by atoms with Crippen LogP contribution < -0.4 is 10.2 Å². The first-order valence-electron chi connectivity index (χ1n) is 12.1. The minimum atomic E-state index is -0.554. The number of benzene rings is 2. The molecule has 2 aromatic carbocycles. The van der Waals surface area contributed by atoms with Crippen LogP contribution in [0.2, 0.25) is 0 Å². The molecule has 1 atom stereocenters. The minimum absolute atomic E-state index is 0. The summed E-state index contributed by atoms with van der Waals surface area (Å²) in [6.45, 7) is 3.57. The van der Waals surface area contributed by atoms with E-state index in [0.29, 0.717) is 28.9 Å². The molecule has 0 radical (unpaired) electrons. The van der Waals surface area contributed by atoms with E-state index in [2.05, 4.69) is 20.5 Å². The molecular formula is C27H27ClFN5OS. The van der Waals surface area contributed by atoms with Crippen molar-refractivity contribution in [1.29, 1.82) is 0 Å². The summed E-state index contributed by atoms with van der Waals surface area (Å²) in [7, 11) is 0. The third kappa shape index (κ3) is 4.61. The number of carbonyl (C=O) groups excluding carboxylic acids is 1. The number of hydrogen-bond acceptors (Lipinski definition) is 6. The number of hydrogen-bond donors (Lipinski definition) is 1. The minimum Gasteiger partial charge on any atom is -0.315 e. The molecule has 3 heterocycles. The molecular weight excluding hydrogens is 497 g/mol. The molecule has 0 unspecified atom stereocenters. The van der Waals surface area contributed by atoms with E-state index in [1.807, 2.05) is 31.2 Å². The zero-order valence-corrected chi connectivity index (χ0v) is 21.5. The lowest BCUT2D eigenvalue weighted by Crippen LogP contribution is -2.49. The molecule has 1 saturated heterocycles. The number of anilines is 1. The number of rotatable bonds is 5. The summed E-state index contributed by atoms with van der Waals surface area (Å²) in [6, 6.07) is 12.6. The summed E-state index contributed by atoms with van der Waals surface area (Å²) in [5.41, 5.74) is 1.72. The number of aryl methyl sites for hydroxylation is 1. The molecule has 4 aromatic rings. The molecule has 1 aliphatic carbocycles. The first-order valence-corrected chi connectivity index (χ1v) is 12.9. The number of piperidine rings is 1. The highest BCUT2D eigenvalue weighted by atomic mass is 35.5. The SMILES string of the molecule is Cc1cccc2ccnc(N(C(=O)c3ccc(-c4nnc(C5CC5)s4)cc3F)[C@@H]3CCCNC3)c12.Cl. The van der Waals surface area contributed by atoms with Gasteiger partial charge in [0.15, 0.2) is 0 Å². The van der Waals surface area contributed by atoms with Crippen LogP contribution in [-0.2, 0) is 0 Å². The smallest absolute Gasteiger partial charge is 0.262 e. The van der Waals surface area contributed by atoms with Gasteiger partial charge in [-0.25, -0.2) is 9.37 Å². The Morgan fingerprint density at radius 2 is 2.00 bits per heavy atom. The van der Waals surface area contributed by atoms with Gasteiger partial charge >= 0.3 is 0 Å². The highest BCUT2D eigenvalue weighted by Gasteiger charge is 2.32. The van der Waals surface area contributed by atoms with Crippen molar-refractivity contribution in [3.05, 3.63) is 70.6 Å². The maximum absolute atomic E-state index is 15.5. The molecule has 9 heteroatoms. The third-order valence-corrected chi connectivity index (χ3v) is 8.01. The quantitative estimate of drug-likeness (QED) is 0.352. The van der Waals surface area contributed by atoms with E-state index in [9.17, 15) is 4.79 Å². The van der Waals surface area contributed by atoms with Crippen molar-refractivity contribution in [2.75, 3.05) is 18.0 Å². The lowest BCUT2D eigenvalue weighted by Gasteiger charge is -2.35. The van der Waals surface area contributed by atoms with E-state index in [-0.39, 0.29) is 29.9 Å². The molecule has 1 amide bonds. The molecule has 0 bridgehead atoms. The second-order valence-corrected chi connectivity index (χ2v) is 10.4. The van der Waals surface area contributed by atoms with Gasteiger partial charge in [-0.15, -0.1) is 22.6 Å². The first kappa shape index (κ1) is 24.7. The molecule has 2 aliphatic rings. The van der Waals surface area contributed by atoms with Gasteiger partial charge in [-0.3, -0.25) is 9.69 Å². The van der Waals surface area contributed by atoms with Gasteiger partial charge in [0.1, 0.15) is 21.7 Å². The molecule has 2 aromatic heterocycles. The Balaban J connectivity index is 0.00000267. The molecule has 36 heavy (non-hydrogen) atoms. The topological polar surface area (TPSA) is 71.0 Å². The van der Waals surface area contributed by atoms with Crippen molar-refractivity contribution in [2.45, 2.75) is 44.6 Å². The van der Waals surface area contributed by atoms with Gasteiger partial charge in [0.2, 0.25) is 0 Å². The molecule has 2 fully saturated rings. The van der Waals surface area contributed by atoms with Gasteiger partial charge < -0.3 is 5.32 Å². The largest absolute Gasteiger partial charge is 0.315 e. The van der Waals surface area contributed by atoms with E-state index in [0.717, 1.165) is 53.6 Å². The van der Waals surface area contributed by atoms with E-state index >= 15 is 4.39 Å². The van der Waals surface area contributed by atoms with Gasteiger partial charge in [-0.05, 0) is 68.3 Å². The van der Waals surface area contributed by atoms with Crippen molar-refractivity contribution in [3.8, 4) is 10.6 Å². The molecule has 6 nitrogen and oxygen atoms in total. The van der Waals surface area contributed by atoms with Crippen LogP contribution in [0.4, 0.5) is 10.2 Å². The van der Waals surface area contributed by atoms with Crippen LogP contribution in [0.25, 0.3) is 21.3 Å². The van der Waals surface area contributed by atoms with Crippen molar-refractivity contribution >= 4 is 46.2 Å². The Labute approximate surface area is 219 Å². The van der Waals surface area contributed by atoms with Crippen molar-refractivity contribution in [3.63, 3.8) is 0 Å². The second-order valence-electron chi connectivity index (χ2n) is 9.40. The fraction of sp³-hybridized carbons (Fsp3) is 0.333. The Morgan fingerprint density at radius 3 is 2.75 bits per heavy atom. The summed E-state index contributed by atoms with van der Waals surface area (Å²) >= 11 is 1.51. The van der Waals surface area contributed by atoms with Gasteiger partial charge in [0.05, 0.1) is 11.6 Å². The van der Waals surface area contributed by atoms with Gasteiger partial charge in [0, 0.05) is 29.6 Å². The first-order chi connectivity index (χ1) is 17.1. The number of carbonyl (C=O) groups is 1. The maximum Gasteiger partial charge on any atom is 0.262 e. The third-order valence-electron chi connectivity index (χ3n) is 6.88. The standard InChI is InChI=1S/C27H26FN5OS.ClH/c1-16-4-2-5-17-11-13-30-24(23(16)17)33(20-6-3-12-29-15-20)27(34)21-10-9-19(14-22(21)28)26-32-31-25(35-26)18-7-8-18;/h2,4-5,9-11,13-14,18,20,29H,3,6-8,12,15H2,1H3;1H/t20-;/m1./s1. The predicted octanol–water partition coefficient (Wildman–Crippen LogP) is 5.90. The molecule has 1 aliphatic heterocycles. The van der Waals surface area contributed by atoms with Crippen LogP contribution >= 0.6 is 23.7 Å². The van der Waals surface area contributed by atoms with Crippen LogP contribution in [0, 0.1) is 12.7 Å². The van der Waals surface area contributed by atoms with Crippen molar-refractivity contribution in [1.82, 2.24) is 20.5 Å². The van der Waals surface area contributed by atoms with E-state index in [1.165, 1.54) is 17.4 Å². The number of amides is 1. The van der Waals surface area contributed by atoms with Crippen LogP contribution in [0.15, 0.2) is 48.7 Å². The average molecular weight is 524 g/mol. The zero-order chi connectivity index (χ0) is 23.9. The Kier molecular flexibility index (Phi) is 7.01. The molecule has 1 N–H and O–H groups in total.